The van der Waals surface area contributed by atoms with Crippen LogP contribution in [0, 0.1) is 5.82 Å². The minimum absolute atomic E-state index is 0.318. The third-order valence-electron chi connectivity index (χ3n) is 2.87. The van der Waals surface area contributed by atoms with Gasteiger partial charge in [0.1, 0.15) is 11.6 Å². The number of aromatic nitrogens is 1. The van der Waals surface area contributed by atoms with Crippen molar-refractivity contribution in [3.63, 3.8) is 0 Å². The molecule has 0 amide bonds. The summed E-state index contributed by atoms with van der Waals surface area (Å²) in [5.74, 6) is 0.644. The lowest BCUT2D eigenvalue weighted by Crippen LogP contribution is -2.12. The standard InChI is InChI=1S/C16H19FN2O/c1-3-14-8-12(11-18-4-2)9-16(19-14)20-15-7-5-6-13(17)10-15/h5-10,18H,3-4,11H2,1-2H3. The van der Waals surface area contributed by atoms with E-state index in [0.29, 0.717) is 11.6 Å². The summed E-state index contributed by atoms with van der Waals surface area (Å²) >= 11 is 0. The van der Waals surface area contributed by atoms with Gasteiger partial charge in [-0.25, -0.2) is 9.37 Å². The van der Waals surface area contributed by atoms with E-state index in [0.717, 1.165) is 30.8 Å². The number of halogens is 1. The maximum atomic E-state index is 13.2. The van der Waals surface area contributed by atoms with E-state index >= 15 is 0 Å². The van der Waals surface area contributed by atoms with Crippen molar-refractivity contribution < 1.29 is 9.13 Å². The van der Waals surface area contributed by atoms with Crippen LogP contribution in [0.2, 0.25) is 0 Å². The Balaban J connectivity index is 2.21. The molecule has 0 unspecified atom stereocenters. The first kappa shape index (κ1) is 14.5. The van der Waals surface area contributed by atoms with Gasteiger partial charge in [-0.1, -0.05) is 19.9 Å². The largest absolute Gasteiger partial charge is 0.439 e. The van der Waals surface area contributed by atoms with Gasteiger partial charge in [-0.05, 0) is 36.7 Å². The second-order valence-electron chi connectivity index (χ2n) is 4.50. The molecule has 1 heterocycles. The van der Waals surface area contributed by atoms with E-state index in [9.17, 15) is 4.39 Å². The zero-order valence-corrected chi connectivity index (χ0v) is 11.8. The Hall–Kier alpha value is -1.94. The normalized spacial score (nSPS) is 10.6. The molecule has 106 valence electrons. The van der Waals surface area contributed by atoms with E-state index in [-0.39, 0.29) is 5.82 Å². The molecule has 0 saturated heterocycles. The number of ether oxygens (including phenoxy) is 1. The number of benzene rings is 1. The SMILES string of the molecule is CCNCc1cc(CC)nc(Oc2cccc(F)c2)c1. The lowest BCUT2D eigenvalue weighted by atomic mass is 10.2. The fourth-order valence-electron chi connectivity index (χ4n) is 1.88. The van der Waals surface area contributed by atoms with Crippen molar-refractivity contribution in [3.05, 3.63) is 53.5 Å². The summed E-state index contributed by atoms with van der Waals surface area (Å²) in [6, 6.07) is 10.0. The molecule has 0 spiro atoms. The molecule has 0 aliphatic rings. The average molecular weight is 274 g/mol. The molecule has 0 aliphatic heterocycles. The predicted molar refractivity (Wildman–Crippen MR) is 77.5 cm³/mol. The summed E-state index contributed by atoms with van der Waals surface area (Å²) in [6.07, 6.45) is 0.833. The summed E-state index contributed by atoms with van der Waals surface area (Å²) < 4.78 is 18.8. The fraction of sp³-hybridized carbons (Fsp3) is 0.312. The van der Waals surface area contributed by atoms with Crippen molar-refractivity contribution >= 4 is 0 Å². The van der Waals surface area contributed by atoms with Crippen molar-refractivity contribution in [2.24, 2.45) is 0 Å². The molecule has 4 heteroatoms. The quantitative estimate of drug-likeness (QED) is 0.872. The highest BCUT2D eigenvalue weighted by Crippen LogP contribution is 2.22. The van der Waals surface area contributed by atoms with Crippen LogP contribution in [0.15, 0.2) is 36.4 Å². The highest BCUT2D eigenvalue weighted by atomic mass is 19.1. The van der Waals surface area contributed by atoms with Crippen LogP contribution < -0.4 is 10.1 Å². The molecule has 0 fully saturated rings. The first-order valence-electron chi connectivity index (χ1n) is 6.85. The van der Waals surface area contributed by atoms with Crippen molar-refractivity contribution in [3.8, 4) is 11.6 Å². The third-order valence-corrected chi connectivity index (χ3v) is 2.87. The fourth-order valence-corrected chi connectivity index (χ4v) is 1.88. The van der Waals surface area contributed by atoms with Crippen LogP contribution in [0.1, 0.15) is 25.1 Å². The third kappa shape index (κ3) is 4.03. The van der Waals surface area contributed by atoms with Crippen LogP contribution in [0.25, 0.3) is 0 Å². The molecule has 2 aromatic rings. The molecular formula is C16H19FN2O. The van der Waals surface area contributed by atoms with Crippen LogP contribution >= 0.6 is 0 Å². The van der Waals surface area contributed by atoms with Crippen molar-refractivity contribution in [1.29, 1.82) is 0 Å². The maximum absolute atomic E-state index is 13.2. The molecule has 1 N–H and O–H groups in total. The zero-order chi connectivity index (χ0) is 14.4. The van der Waals surface area contributed by atoms with E-state index in [1.807, 2.05) is 13.0 Å². The van der Waals surface area contributed by atoms with Gasteiger partial charge in [0.2, 0.25) is 5.88 Å². The van der Waals surface area contributed by atoms with Gasteiger partial charge in [0.15, 0.2) is 0 Å². The minimum atomic E-state index is -0.318. The first-order valence-corrected chi connectivity index (χ1v) is 6.85. The van der Waals surface area contributed by atoms with Crippen LogP contribution in [-0.2, 0) is 13.0 Å². The van der Waals surface area contributed by atoms with Gasteiger partial charge in [-0.2, -0.15) is 0 Å². The van der Waals surface area contributed by atoms with Crippen LogP contribution in [-0.4, -0.2) is 11.5 Å². The molecule has 0 bridgehead atoms. The Bertz CT molecular complexity index is 572. The number of pyridine rings is 1. The summed E-state index contributed by atoms with van der Waals surface area (Å²) in [4.78, 5) is 4.41. The zero-order valence-electron chi connectivity index (χ0n) is 11.8. The Morgan fingerprint density at radius 1 is 1.20 bits per heavy atom. The predicted octanol–water partition coefficient (Wildman–Crippen LogP) is 3.68. The molecule has 0 atom stereocenters. The first-order chi connectivity index (χ1) is 9.71. The maximum Gasteiger partial charge on any atom is 0.219 e. The van der Waals surface area contributed by atoms with E-state index in [1.165, 1.54) is 12.1 Å². The lowest BCUT2D eigenvalue weighted by Gasteiger charge is -2.09. The van der Waals surface area contributed by atoms with E-state index in [4.69, 9.17) is 4.74 Å². The van der Waals surface area contributed by atoms with E-state index in [1.54, 1.807) is 12.1 Å². The summed E-state index contributed by atoms with van der Waals surface area (Å²) in [5, 5.41) is 3.27. The average Bonchev–Trinajstić information content (AvgIpc) is 2.45. The van der Waals surface area contributed by atoms with Gasteiger partial charge >= 0.3 is 0 Å². The van der Waals surface area contributed by atoms with Crippen LogP contribution in [0.4, 0.5) is 4.39 Å². The number of nitrogens with zero attached hydrogens (tertiary/aromatic N) is 1. The highest BCUT2D eigenvalue weighted by Gasteiger charge is 2.05. The second kappa shape index (κ2) is 7.01. The number of hydrogen-bond donors (Lipinski definition) is 1. The van der Waals surface area contributed by atoms with Crippen molar-refractivity contribution in [2.75, 3.05) is 6.54 Å². The van der Waals surface area contributed by atoms with Crippen molar-refractivity contribution in [1.82, 2.24) is 10.3 Å². The van der Waals surface area contributed by atoms with E-state index in [2.05, 4.69) is 23.3 Å². The summed E-state index contributed by atoms with van der Waals surface area (Å²) in [6.45, 7) is 5.78. The molecule has 0 saturated carbocycles. The lowest BCUT2D eigenvalue weighted by molar-refractivity contribution is 0.455. The molecule has 3 nitrogen and oxygen atoms in total. The molecule has 0 aliphatic carbocycles. The topological polar surface area (TPSA) is 34.2 Å². The summed E-state index contributed by atoms with van der Waals surface area (Å²) in [5.41, 5.74) is 2.08. The Kier molecular flexibility index (Phi) is 5.07. The highest BCUT2D eigenvalue weighted by molar-refractivity contribution is 5.31. The molecule has 20 heavy (non-hydrogen) atoms. The minimum Gasteiger partial charge on any atom is -0.439 e. The molecular weight excluding hydrogens is 255 g/mol. The molecule has 1 aromatic heterocycles. The van der Waals surface area contributed by atoms with E-state index < -0.39 is 0 Å². The molecule has 0 radical (unpaired) electrons. The van der Waals surface area contributed by atoms with Gasteiger partial charge < -0.3 is 10.1 Å². The van der Waals surface area contributed by atoms with Gasteiger partial charge in [0.25, 0.3) is 0 Å². The Morgan fingerprint density at radius 3 is 2.75 bits per heavy atom. The Labute approximate surface area is 118 Å². The number of nitrogens with one attached hydrogen (secondary N) is 1. The van der Waals surface area contributed by atoms with Gasteiger partial charge in [-0.15, -0.1) is 0 Å². The molecule has 2 rings (SSSR count). The number of aryl methyl sites for hydroxylation is 1. The number of rotatable bonds is 6. The Morgan fingerprint density at radius 2 is 2.05 bits per heavy atom. The monoisotopic (exact) mass is 274 g/mol. The van der Waals surface area contributed by atoms with Gasteiger partial charge in [-0.3, -0.25) is 0 Å². The summed E-state index contributed by atoms with van der Waals surface area (Å²) in [7, 11) is 0. The van der Waals surface area contributed by atoms with Crippen molar-refractivity contribution in [2.45, 2.75) is 26.8 Å². The van der Waals surface area contributed by atoms with Crippen LogP contribution in [0.3, 0.4) is 0 Å². The number of hydrogen-bond acceptors (Lipinski definition) is 3. The smallest absolute Gasteiger partial charge is 0.219 e. The molecule has 1 aromatic carbocycles. The van der Waals surface area contributed by atoms with Crippen LogP contribution in [0.5, 0.6) is 11.6 Å². The van der Waals surface area contributed by atoms with Gasteiger partial charge in [0.05, 0.1) is 0 Å². The second-order valence-corrected chi connectivity index (χ2v) is 4.50. The van der Waals surface area contributed by atoms with Gasteiger partial charge in [0, 0.05) is 24.4 Å².